The van der Waals surface area contributed by atoms with Crippen molar-refractivity contribution in [1.82, 2.24) is 10.2 Å². The topological polar surface area (TPSA) is 58.6 Å². The lowest BCUT2D eigenvalue weighted by molar-refractivity contribution is -0.148. The number of hydrogen-bond donors (Lipinski definition) is 1. The maximum Gasteiger partial charge on any atom is 0.325 e. The van der Waals surface area contributed by atoms with Gasteiger partial charge in [0.2, 0.25) is 5.91 Å². The predicted molar refractivity (Wildman–Crippen MR) is 50.7 cm³/mol. The van der Waals surface area contributed by atoms with Crippen LogP contribution in [0, 0.1) is 0 Å². The van der Waals surface area contributed by atoms with Gasteiger partial charge >= 0.3 is 5.97 Å². The van der Waals surface area contributed by atoms with Gasteiger partial charge in [-0.1, -0.05) is 0 Å². The van der Waals surface area contributed by atoms with E-state index in [-0.39, 0.29) is 18.4 Å². The van der Waals surface area contributed by atoms with Crippen molar-refractivity contribution in [2.24, 2.45) is 0 Å². The third kappa shape index (κ3) is 3.33. The summed E-state index contributed by atoms with van der Waals surface area (Å²) in [6.07, 6.45) is 0.458. The number of rotatable bonds is 3. The van der Waals surface area contributed by atoms with Crippen LogP contribution < -0.4 is 5.32 Å². The molecular formula is C9H16N2O3. The average molecular weight is 200 g/mol. The molecule has 0 spiro atoms. The van der Waals surface area contributed by atoms with E-state index in [4.69, 9.17) is 4.74 Å². The average Bonchev–Trinajstić information content (AvgIpc) is 2.33. The van der Waals surface area contributed by atoms with Crippen LogP contribution in [0.4, 0.5) is 0 Å². The molecule has 1 amide bonds. The lowest BCUT2D eigenvalue weighted by Crippen LogP contribution is -2.37. The highest BCUT2D eigenvalue weighted by Crippen LogP contribution is 1.98. The lowest BCUT2D eigenvalue weighted by atomic mass is 10.3. The molecule has 5 nitrogen and oxygen atoms in total. The van der Waals surface area contributed by atoms with E-state index in [1.54, 1.807) is 6.92 Å². The summed E-state index contributed by atoms with van der Waals surface area (Å²) in [6.45, 7) is 4.21. The standard InChI is InChI=1S/C9H16N2O3/c1-2-14-9(13)7-11-6-5-10-4-3-8(11)12/h10H,2-7H2,1H3. The van der Waals surface area contributed by atoms with Crippen LogP contribution in [-0.2, 0) is 14.3 Å². The molecule has 0 aromatic rings. The molecule has 0 bridgehead atoms. The fourth-order valence-electron chi connectivity index (χ4n) is 1.35. The molecule has 0 atom stereocenters. The number of esters is 1. The summed E-state index contributed by atoms with van der Waals surface area (Å²) < 4.78 is 4.78. The van der Waals surface area contributed by atoms with Crippen molar-refractivity contribution >= 4 is 11.9 Å². The molecule has 14 heavy (non-hydrogen) atoms. The summed E-state index contributed by atoms with van der Waals surface area (Å²) in [5.41, 5.74) is 0. The fourth-order valence-corrected chi connectivity index (χ4v) is 1.35. The molecule has 1 N–H and O–H groups in total. The van der Waals surface area contributed by atoms with Crippen molar-refractivity contribution in [1.29, 1.82) is 0 Å². The minimum Gasteiger partial charge on any atom is -0.465 e. The number of nitrogens with one attached hydrogen (secondary N) is 1. The van der Waals surface area contributed by atoms with E-state index in [1.807, 2.05) is 0 Å². The molecule has 1 fully saturated rings. The molecule has 1 heterocycles. The van der Waals surface area contributed by atoms with Gasteiger partial charge in [-0.25, -0.2) is 0 Å². The first kappa shape index (κ1) is 11.0. The Bertz CT molecular complexity index is 218. The molecule has 80 valence electrons. The summed E-state index contributed by atoms with van der Waals surface area (Å²) in [5.74, 6) is -0.314. The Labute approximate surface area is 83.4 Å². The Kier molecular flexibility index (Phi) is 4.39. The molecule has 0 aromatic heterocycles. The van der Waals surface area contributed by atoms with Crippen LogP contribution in [0.25, 0.3) is 0 Å². The molecule has 0 aliphatic carbocycles. The van der Waals surface area contributed by atoms with Crippen LogP contribution in [0.3, 0.4) is 0 Å². The molecule has 1 aliphatic rings. The maximum absolute atomic E-state index is 11.4. The van der Waals surface area contributed by atoms with Crippen LogP contribution in [0.2, 0.25) is 0 Å². The van der Waals surface area contributed by atoms with Crippen LogP contribution in [0.1, 0.15) is 13.3 Å². The van der Waals surface area contributed by atoms with Gasteiger partial charge in [0, 0.05) is 26.1 Å². The minimum atomic E-state index is -0.331. The summed E-state index contributed by atoms with van der Waals surface area (Å²) in [5, 5.41) is 3.10. The Morgan fingerprint density at radius 1 is 1.57 bits per heavy atom. The van der Waals surface area contributed by atoms with Gasteiger partial charge in [0.05, 0.1) is 6.61 Å². The zero-order valence-electron chi connectivity index (χ0n) is 8.41. The monoisotopic (exact) mass is 200 g/mol. The molecule has 5 heteroatoms. The fraction of sp³-hybridized carbons (Fsp3) is 0.778. The first-order valence-electron chi connectivity index (χ1n) is 4.88. The van der Waals surface area contributed by atoms with E-state index in [9.17, 15) is 9.59 Å². The van der Waals surface area contributed by atoms with Crippen molar-refractivity contribution < 1.29 is 14.3 Å². The number of carbonyl (C=O) groups excluding carboxylic acids is 2. The zero-order chi connectivity index (χ0) is 10.4. The number of nitrogens with zero attached hydrogens (tertiary/aromatic N) is 1. The third-order valence-electron chi connectivity index (χ3n) is 2.05. The van der Waals surface area contributed by atoms with Crippen LogP contribution in [0.5, 0.6) is 0 Å². The smallest absolute Gasteiger partial charge is 0.325 e. The summed E-state index contributed by atoms with van der Waals surface area (Å²) in [7, 11) is 0. The van der Waals surface area contributed by atoms with Gasteiger partial charge in [0.15, 0.2) is 0 Å². The van der Waals surface area contributed by atoms with Crippen LogP contribution >= 0.6 is 0 Å². The largest absolute Gasteiger partial charge is 0.465 e. The highest BCUT2D eigenvalue weighted by molar-refractivity contribution is 5.82. The first-order valence-corrected chi connectivity index (χ1v) is 4.88. The van der Waals surface area contributed by atoms with Gasteiger partial charge in [0.25, 0.3) is 0 Å². The molecule has 0 saturated carbocycles. The number of amides is 1. The van der Waals surface area contributed by atoms with E-state index in [0.717, 1.165) is 6.54 Å². The maximum atomic E-state index is 11.4. The lowest BCUT2D eigenvalue weighted by Gasteiger charge is -2.18. The van der Waals surface area contributed by atoms with E-state index in [2.05, 4.69) is 5.32 Å². The van der Waals surface area contributed by atoms with Gasteiger partial charge in [-0.3, -0.25) is 9.59 Å². The summed E-state index contributed by atoms with van der Waals surface area (Å²) in [6, 6.07) is 0. The van der Waals surface area contributed by atoms with Gasteiger partial charge in [-0.15, -0.1) is 0 Å². The normalized spacial score (nSPS) is 17.8. The van der Waals surface area contributed by atoms with E-state index in [0.29, 0.717) is 26.1 Å². The third-order valence-corrected chi connectivity index (χ3v) is 2.05. The Morgan fingerprint density at radius 3 is 3.07 bits per heavy atom. The number of carbonyl (C=O) groups is 2. The van der Waals surface area contributed by atoms with Crippen molar-refractivity contribution in [3.8, 4) is 0 Å². The van der Waals surface area contributed by atoms with Crippen molar-refractivity contribution in [2.45, 2.75) is 13.3 Å². The quantitative estimate of drug-likeness (QED) is 0.616. The SMILES string of the molecule is CCOC(=O)CN1CCNCCC1=O. The first-order chi connectivity index (χ1) is 6.74. The van der Waals surface area contributed by atoms with Gasteiger partial charge in [-0.2, -0.15) is 0 Å². The molecule has 0 radical (unpaired) electrons. The van der Waals surface area contributed by atoms with E-state index in [1.165, 1.54) is 4.90 Å². The van der Waals surface area contributed by atoms with Crippen LogP contribution in [-0.4, -0.2) is 49.6 Å². The Hall–Kier alpha value is -1.10. The molecular weight excluding hydrogens is 184 g/mol. The molecule has 1 rings (SSSR count). The van der Waals surface area contributed by atoms with Crippen molar-refractivity contribution in [2.75, 3.05) is 32.8 Å². The predicted octanol–water partition coefficient (Wildman–Crippen LogP) is -0.629. The van der Waals surface area contributed by atoms with E-state index < -0.39 is 0 Å². The highest BCUT2D eigenvalue weighted by Gasteiger charge is 2.19. The minimum absolute atomic E-state index is 0.0167. The van der Waals surface area contributed by atoms with Crippen LogP contribution in [0.15, 0.2) is 0 Å². The van der Waals surface area contributed by atoms with Gasteiger partial charge in [0.1, 0.15) is 6.54 Å². The molecule has 0 unspecified atom stereocenters. The summed E-state index contributed by atoms with van der Waals surface area (Å²) >= 11 is 0. The Morgan fingerprint density at radius 2 is 2.36 bits per heavy atom. The number of hydrogen-bond acceptors (Lipinski definition) is 4. The second kappa shape index (κ2) is 5.59. The van der Waals surface area contributed by atoms with Gasteiger partial charge < -0.3 is 15.0 Å². The molecule has 1 saturated heterocycles. The highest BCUT2D eigenvalue weighted by atomic mass is 16.5. The second-order valence-electron chi connectivity index (χ2n) is 3.12. The van der Waals surface area contributed by atoms with Gasteiger partial charge in [-0.05, 0) is 6.92 Å². The summed E-state index contributed by atoms with van der Waals surface area (Å²) in [4.78, 5) is 24.1. The molecule has 0 aromatic carbocycles. The number of ether oxygens (including phenoxy) is 1. The Balaban J connectivity index is 2.40. The van der Waals surface area contributed by atoms with E-state index >= 15 is 0 Å². The van der Waals surface area contributed by atoms with Crippen molar-refractivity contribution in [3.05, 3.63) is 0 Å². The molecule has 1 aliphatic heterocycles. The second-order valence-corrected chi connectivity index (χ2v) is 3.12. The zero-order valence-corrected chi connectivity index (χ0v) is 8.41. The van der Waals surface area contributed by atoms with Crippen molar-refractivity contribution in [3.63, 3.8) is 0 Å².